The van der Waals surface area contributed by atoms with Crippen LogP contribution in [-0.2, 0) is 7.05 Å². The number of imidazole rings is 1. The molecule has 0 aliphatic heterocycles. The lowest BCUT2D eigenvalue weighted by molar-refractivity contribution is 0.0949. The molecule has 8 heteroatoms. The van der Waals surface area contributed by atoms with Crippen LogP contribution in [0.15, 0.2) is 42.9 Å². The van der Waals surface area contributed by atoms with Crippen molar-refractivity contribution in [3.05, 3.63) is 54.1 Å². The van der Waals surface area contributed by atoms with Gasteiger partial charge in [-0.15, -0.1) is 0 Å². The van der Waals surface area contributed by atoms with Gasteiger partial charge in [0.1, 0.15) is 23.4 Å². The van der Waals surface area contributed by atoms with Crippen molar-refractivity contribution >= 4 is 16.9 Å². The normalized spacial score (nSPS) is 11.0. The van der Waals surface area contributed by atoms with E-state index in [1.165, 1.54) is 14.2 Å². The summed E-state index contributed by atoms with van der Waals surface area (Å²) in [5, 5.41) is 7.22. The van der Waals surface area contributed by atoms with Crippen molar-refractivity contribution in [2.45, 2.75) is 13.8 Å². The average molecular weight is 419 g/mol. The van der Waals surface area contributed by atoms with E-state index in [-0.39, 0.29) is 5.91 Å². The highest BCUT2D eigenvalue weighted by atomic mass is 16.5. The molecule has 4 aromatic rings. The van der Waals surface area contributed by atoms with E-state index < -0.39 is 0 Å². The van der Waals surface area contributed by atoms with Gasteiger partial charge in [0, 0.05) is 37.5 Å². The van der Waals surface area contributed by atoms with Gasteiger partial charge in [-0.05, 0) is 31.5 Å². The van der Waals surface area contributed by atoms with Crippen molar-refractivity contribution in [1.82, 2.24) is 24.6 Å². The Labute approximate surface area is 180 Å². The quantitative estimate of drug-likeness (QED) is 0.517. The minimum Gasteiger partial charge on any atom is -0.496 e. The molecular weight excluding hydrogens is 394 g/mol. The van der Waals surface area contributed by atoms with E-state index in [2.05, 4.69) is 21.5 Å². The van der Waals surface area contributed by atoms with Gasteiger partial charge in [0.05, 0.1) is 36.6 Å². The van der Waals surface area contributed by atoms with Crippen molar-refractivity contribution < 1.29 is 14.3 Å². The van der Waals surface area contributed by atoms with Gasteiger partial charge in [0.2, 0.25) is 0 Å². The zero-order chi connectivity index (χ0) is 22.1. The predicted molar refractivity (Wildman–Crippen MR) is 119 cm³/mol. The van der Waals surface area contributed by atoms with Crippen LogP contribution >= 0.6 is 0 Å². The number of nitrogens with one attached hydrogen (secondary N) is 1. The highest BCUT2D eigenvalue weighted by Crippen LogP contribution is 2.34. The van der Waals surface area contributed by atoms with Gasteiger partial charge in [-0.2, -0.15) is 5.10 Å². The van der Waals surface area contributed by atoms with E-state index in [1.54, 1.807) is 6.33 Å². The Morgan fingerprint density at radius 3 is 2.42 bits per heavy atom. The molecule has 2 aromatic carbocycles. The highest BCUT2D eigenvalue weighted by Gasteiger charge is 2.20. The molecule has 4 rings (SSSR count). The molecule has 0 spiro atoms. The molecule has 8 nitrogen and oxygen atoms in total. The first-order valence-electron chi connectivity index (χ1n) is 9.99. The first kappa shape index (κ1) is 20.5. The minimum atomic E-state index is -0.241. The zero-order valence-electron chi connectivity index (χ0n) is 18.3. The molecule has 2 heterocycles. The Morgan fingerprint density at radius 1 is 1.13 bits per heavy atom. The van der Waals surface area contributed by atoms with Crippen molar-refractivity contribution in [1.29, 1.82) is 0 Å². The van der Waals surface area contributed by atoms with Crippen LogP contribution in [0.25, 0.3) is 27.8 Å². The number of aromatic nitrogens is 4. The summed E-state index contributed by atoms with van der Waals surface area (Å²) in [6.45, 7) is 4.37. The van der Waals surface area contributed by atoms with Gasteiger partial charge < -0.3 is 14.8 Å². The van der Waals surface area contributed by atoms with Gasteiger partial charge in [0.15, 0.2) is 0 Å². The third kappa shape index (κ3) is 3.61. The second kappa shape index (κ2) is 8.14. The Kier molecular flexibility index (Phi) is 5.37. The number of ether oxygens (including phenoxy) is 2. The van der Waals surface area contributed by atoms with Crippen LogP contribution in [0.3, 0.4) is 0 Å². The van der Waals surface area contributed by atoms with Crippen molar-refractivity contribution in [2.75, 3.05) is 20.8 Å². The molecular formula is C23H25N5O3. The summed E-state index contributed by atoms with van der Waals surface area (Å²) in [4.78, 5) is 17.1. The number of benzene rings is 2. The third-order valence-corrected chi connectivity index (χ3v) is 5.20. The number of fused-ring (bicyclic) bond motifs is 1. The zero-order valence-corrected chi connectivity index (χ0v) is 18.3. The molecule has 0 aliphatic carbocycles. The van der Waals surface area contributed by atoms with Crippen LogP contribution in [-0.4, -0.2) is 46.0 Å². The molecule has 0 bridgehead atoms. The number of methoxy groups -OCH3 is 2. The molecule has 2 aromatic heterocycles. The van der Waals surface area contributed by atoms with Gasteiger partial charge >= 0.3 is 0 Å². The fourth-order valence-corrected chi connectivity index (χ4v) is 3.78. The molecule has 1 amide bonds. The summed E-state index contributed by atoms with van der Waals surface area (Å²) in [5.74, 6) is 0.629. The van der Waals surface area contributed by atoms with Crippen LogP contribution in [0.4, 0.5) is 0 Å². The number of carbonyl (C=O) groups is 1. The summed E-state index contributed by atoms with van der Waals surface area (Å²) < 4.78 is 14.8. The average Bonchev–Trinajstić information content (AvgIpc) is 3.34. The van der Waals surface area contributed by atoms with Crippen LogP contribution in [0.5, 0.6) is 11.5 Å². The second-order valence-corrected chi connectivity index (χ2v) is 7.20. The molecule has 1 N–H and O–H groups in total. The number of carbonyl (C=O) groups excluding carboxylic acids is 1. The summed E-state index contributed by atoms with van der Waals surface area (Å²) >= 11 is 0. The van der Waals surface area contributed by atoms with Gasteiger partial charge in [-0.1, -0.05) is 6.07 Å². The van der Waals surface area contributed by atoms with Crippen molar-refractivity contribution in [2.24, 2.45) is 7.05 Å². The third-order valence-electron chi connectivity index (χ3n) is 5.20. The predicted octanol–water partition coefficient (Wildman–Crippen LogP) is 3.50. The maximum atomic E-state index is 12.5. The number of nitrogens with zero attached hydrogens (tertiary/aromatic N) is 4. The number of aryl methyl sites for hydroxylation is 2. The number of rotatable bonds is 6. The first-order valence-corrected chi connectivity index (χ1v) is 9.99. The summed E-state index contributed by atoms with van der Waals surface area (Å²) in [7, 11) is 4.99. The number of amides is 1. The van der Waals surface area contributed by atoms with E-state index in [0.29, 0.717) is 23.6 Å². The molecule has 0 saturated heterocycles. The van der Waals surface area contributed by atoms with Gasteiger partial charge in [0.25, 0.3) is 5.91 Å². The van der Waals surface area contributed by atoms with E-state index in [0.717, 1.165) is 33.5 Å². The lowest BCUT2D eigenvalue weighted by atomic mass is 10.1. The highest BCUT2D eigenvalue weighted by molar-refractivity contribution is 6.00. The van der Waals surface area contributed by atoms with Crippen molar-refractivity contribution in [3.8, 4) is 28.3 Å². The monoisotopic (exact) mass is 419 g/mol. The molecule has 0 radical (unpaired) electrons. The lowest BCUT2D eigenvalue weighted by Crippen LogP contribution is -2.24. The molecule has 160 valence electrons. The standard InChI is InChI=1S/C23H25N5O3/c1-6-24-23(29)22-20(30-4)10-16(11-21(22)31-5)28-13-25-18-9-15(7-8-19(18)28)17-12-27(3)26-14(17)2/h7-13H,6H2,1-5H3,(H,24,29). The second-order valence-electron chi connectivity index (χ2n) is 7.20. The first-order chi connectivity index (χ1) is 15.0. The smallest absolute Gasteiger partial charge is 0.258 e. The van der Waals surface area contributed by atoms with E-state index in [9.17, 15) is 4.79 Å². The number of hydrogen-bond donors (Lipinski definition) is 1. The molecule has 31 heavy (non-hydrogen) atoms. The Bertz CT molecular complexity index is 1250. The number of hydrogen-bond acceptors (Lipinski definition) is 5. The van der Waals surface area contributed by atoms with E-state index >= 15 is 0 Å². The van der Waals surface area contributed by atoms with Gasteiger partial charge in [-0.3, -0.25) is 14.0 Å². The lowest BCUT2D eigenvalue weighted by Gasteiger charge is -2.15. The molecule has 0 atom stereocenters. The largest absolute Gasteiger partial charge is 0.496 e. The SMILES string of the molecule is CCNC(=O)c1c(OC)cc(-n2cnc3cc(-c4cn(C)nc4C)ccc32)cc1OC. The minimum absolute atomic E-state index is 0.241. The van der Waals surface area contributed by atoms with Crippen LogP contribution in [0.2, 0.25) is 0 Å². The van der Waals surface area contributed by atoms with Crippen LogP contribution in [0, 0.1) is 6.92 Å². The topological polar surface area (TPSA) is 83.2 Å². The Balaban J connectivity index is 1.81. The van der Waals surface area contributed by atoms with Gasteiger partial charge in [-0.25, -0.2) is 4.98 Å². The van der Waals surface area contributed by atoms with Crippen molar-refractivity contribution in [3.63, 3.8) is 0 Å². The maximum absolute atomic E-state index is 12.5. The fourth-order valence-electron chi connectivity index (χ4n) is 3.78. The molecule has 0 aliphatic rings. The molecule has 0 saturated carbocycles. The van der Waals surface area contributed by atoms with E-state index in [4.69, 9.17) is 9.47 Å². The van der Waals surface area contributed by atoms with E-state index in [1.807, 2.05) is 60.6 Å². The van der Waals surface area contributed by atoms with Crippen LogP contribution in [0.1, 0.15) is 23.0 Å². The summed E-state index contributed by atoms with van der Waals surface area (Å²) in [6, 6.07) is 9.76. The Morgan fingerprint density at radius 2 is 1.84 bits per heavy atom. The fraction of sp³-hybridized carbons (Fsp3) is 0.261. The summed E-state index contributed by atoms with van der Waals surface area (Å²) in [5.41, 5.74) is 6.05. The maximum Gasteiger partial charge on any atom is 0.258 e. The Hall–Kier alpha value is -3.81. The van der Waals surface area contributed by atoms with Crippen LogP contribution < -0.4 is 14.8 Å². The summed E-state index contributed by atoms with van der Waals surface area (Å²) in [6.07, 6.45) is 3.76. The molecule has 0 unspecified atom stereocenters. The molecule has 0 fully saturated rings.